The third kappa shape index (κ3) is 4.30. The van der Waals surface area contributed by atoms with Crippen molar-refractivity contribution in [2.24, 2.45) is 0 Å². The second-order valence-corrected chi connectivity index (χ2v) is 10.2. The molecule has 2 fully saturated rings. The number of anilines is 1. The van der Waals surface area contributed by atoms with E-state index in [0.29, 0.717) is 18.6 Å². The van der Waals surface area contributed by atoms with Crippen LogP contribution in [0.2, 0.25) is 0 Å². The highest BCUT2D eigenvalue weighted by atomic mass is 16.2. The minimum absolute atomic E-state index is 0.222. The van der Waals surface area contributed by atoms with E-state index in [2.05, 4.69) is 10.2 Å². The topological polar surface area (TPSA) is 45.2 Å². The average molecular weight is 410 g/mol. The molecule has 4 nitrogen and oxygen atoms in total. The van der Waals surface area contributed by atoms with E-state index in [0.717, 1.165) is 25.7 Å². The summed E-state index contributed by atoms with van der Waals surface area (Å²) in [6.07, 6.45) is 21.2. The van der Waals surface area contributed by atoms with Gasteiger partial charge in [-0.1, -0.05) is 38.5 Å². The molecule has 1 N–H and O–H groups in total. The molecule has 0 saturated heterocycles. The zero-order valence-electron chi connectivity index (χ0n) is 18.7. The summed E-state index contributed by atoms with van der Waals surface area (Å²) < 4.78 is 0. The predicted octanol–water partition coefficient (Wildman–Crippen LogP) is 5.36. The number of aryl methyl sites for hydroxylation is 2. The Balaban J connectivity index is 1.36. The van der Waals surface area contributed by atoms with Crippen LogP contribution in [0.1, 0.15) is 106 Å². The number of nitrogens with one attached hydrogen (secondary N) is 1. The van der Waals surface area contributed by atoms with Gasteiger partial charge in [-0.3, -0.25) is 14.7 Å². The lowest BCUT2D eigenvalue weighted by atomic mass is 9.88. The maximum atomic E-state index is 13.4. The predicted molar refractivity (Wildman–Crippen MR) is 122 cm³/mol. The largest absolute Gasteiger partial charge is 0.324 e. The molecule has 4 heteroatoms. The van der Waals surface area contributed by atoms with Crippen LogP contribution >= 0.6 is 0 Å². The molecule has 1 heterocycles. The lowest BCUT2D eigenvalue weighted by Gasteiger charge is -2.41. The molecule has 2 saturated carbocycles. The molecule has 0 bridgehead atoms. The number of rotatable bonds is 5. The molecule has 4 aliphatic rings. The molecule has 1 amide bonds. The Kier molecular flexibility index (Phi) is 6.40. The molecule has 0 unspecified atom stereocenters. The number of hydrogen-bond donors (Lipinski definition) is 1. The summed E-state index contributed by atoms with van der Waals surface area (Å²) in [5.41, 5.74) is 6.42. The fourth-order valence-electron chi connectivity index (χ4n) is 6.62. The van der Waals surface area contributed by atoms with Crippen LogP contribution in [0, 0.1) is 0 Å². The zero-order valence-corrected chi connectivity index (χ0v) is 18.7. The van der Waals surface area contributed by atoms with Crippen molar-refractivity contribution in [2.45, 2.75) is 121 Å². The van der Waals surface area contributed by atoms with Gasteiger partial charge in [0.05, 0.1) is 12.2 Å². The molecule has 0 spiro atoms. The molecular weight excluding hydrogens is 370 g/mol. The minimum atomic E-state index is 0.222. The third-order valence-electron chi connectivity index (χ3n) is 8.18. The van der Waals surface area contributed by atoms with Gasteiger partial charge in [0.1, 0.15) is 0 Å². The van der Waals surface area contributed by atoms with Gasteiger partial charge in [-0.15, -0.1) is 0 Å². The first kappa shape index (κ1) is 20.5. The number of fused-ring (bicyclic) bond motifs is 2. The molecule has 5 rings (SSSR count). The van der Waals surface area contributed by atoms with Crippen LogP contribution in [-0.4, -0.2) is 34.4 Å². The van der Waals surface area contributed by atoms with Gasteiger partial charge in [0.15, 0.2) is 0 Å². The standard InChI is InChI=1S/C26H39N3O/c30-25(18-29(19-10-3-1-4-11-19)20-12-5-2-6-13-20)28-26-21-14-7-8-16-23(21)27-24-17-9-15-22(24)26/h19-20H,1-18H2,(H,27,28,30). The van der Waals surface area contributed by atoms with Gasteiger partial charge in [0.25, 0.3) is 0 Å². The Morgan fingerprint density at radius 3 is 1.90 bits per heavy atom. The Labute approximate surface area is 182 Å². The van der Waals surface area contributed by atoms with Crippen LogP contribution in [0.3, 0.4) is 0 Å². The summed E-state index contributed by atoms with van der Waals surface area (Å²) in [6.45, 7) is 0.585. The Bertz CT molecular complexity index is 744. The third-order valence-corrected chi connectivity index (χ3v) is 8.18. The van der Waals surface area contributed by atoms with Crippen molar-refractivity contribution in [3.8, 4) is 0 Å². The Morgan fingerprint density at radius 1 is 0.733 bits per heavy atom. The van der Waals surface area contributed by atoms with Crippen molar-refractivity contribution < 1.29 is 4.79 Å². The number of hydrogen-bond acceptors (Lipinski definition) is 3. The normalized spacial score (nSPS) is 22.7. The van der Waals surface area contributed by atoms with Gasteiger partial charge in [-0.2, -0.15) is 0 Å². The van der Waals surface area contributed by atoms with Crippen molar-refractivity contribution in [2.75, 3.05) is 11.9 Å². The van der Waals surface area contributed by atoms with Crippen LogP contribution in [0.4, 0.5) is 5.69 Å². The van der Waals surface area contributed by atoms with Crippen LogP contribution < -0.4 is 5.32 Å². The first-order valence-electron chi connectivity index (χ1n) is 12.9. The molecule has 1 aromatic rings. The van der Waals surface area contributed by atoms with E-state index in [-0.39, 0.29) is 5.91 Å². The summed E-state index contributed by atoms with van der Waals surface area (Å²) >= 11 is 0. The van der Waals surface area contributed by atoms with E-state index in [1.807, 2.05) is 0 Å². The van der Waals surface area contributed by atoms with E-state index < -0.39 is 0 Å². The molecule has 0 aromatic carbocycles. The number of carbonyl (C=O) groups excluding carboxylic acids is 1. The Morgan fingerprint density at radius 2 is 1.27 bits per heavy atom. The van der Waals surface area contributed by atoms with Gasteiger partial charge < -0.3 is 5.32 Å². The summed E-state index contributed by atoms with van der Waals surface area (Å²) in [4.78, 5) is 21.1. The summed E-state index contributed by atoms with van der Waals surface area (Å²) in [6, 6.07) is 1.23. The number of amides is 1. The fraction of sp³-hybridized carbons (Fsp3) is 0.769. The van der Waals surface area contributed by atoms with E-state index >= 15 is 0 Å². The molecule has 0 radical (unpaired) electrons. The van der Waals surface area contributed by atoms with Crippen LogP contribution in [0.5, 0.6) is 0 Å². The molecule has 164 valence electrons. The zero-order chi connectivity index (χ0) is 20.3. The molecule has 0 atom stereocenters. The molecule has 1 aromatic heterocycles. The van der Waals surface area contributed by atoms with Crippen molar-refractivity contribution in [1.82, 2.24) is 9.88 Å². The van der Waals surface area contributed by atoms with Gasteiger partial charge in [-0.05, 0) is 81.8 Å². The number of carbonyl (C=O) groups is 1. The van der Waals surface area contributed by atoms with E-state index in [9.17, 15) is 4.79 Å². The smallest absolute Gasteiger partial charge is 0.238 e. The van der Waals surface area contributed by atoms with Crippen LogP contribution in [0.15, 0.2) is 0 Å². The first-order valence-corrected chi connectivity index (χ1v) is 12.9. The molecule has 30 heavy (non-hydrogen) atoms. The monoisotopic (exact) mass is 409 g/mol. The average Bonchev–Trinajstić information content (AvgIpc) is 3.27. The molecule has 4 aliphatic carbocycles. The van der Waals surface area contributed by atoms with Crippen molar-refractivity contribution >= 4 is 11.6 Å². The highest BCUT2D eigenvalue weighted by molar-refractivity contribution is 5.94. The molecular formula is C26H39N3O. The van der Waals surface area contributed by atoms with Gasteiger partial charge >= 0.3 is 0 Å². The Hall–Kier alpha value is -1.42. The SMILES string of the molecule is O=C(CN(C1CCCCC1)C1CCCCC1)Nc1c2c(nc3c1CCC3)CCCC2. The van der Waals surface area contributed by atoms with Gasteiger partial charge in [0.2, 0.25) is 5.91 Å². The maximum Gasteiger partial charge on any atom is 0.238 e. The second-order valence-electron chi connectivity index (χ2n) is 10.2. The van der Waals surface area contributed by atoms with Gasteiger partial charge in [-0.25, -0.2) is 0 Å². The van der Waals surface area contributed by atoms with E-state index in [4.69, 9.17) is 4.98 Å². The van der Waals surface area contributed by atoms with Crippen LogP contribution in [0.25, 0.3) is 0 Å². The minimum Gasteiger partial charge on any atom is -0.324 e. The summed E-state index contributed by atoms with van der Waals surface area (Å²) in [7, 11) is 0. The summed E-state index contributed by atoms with van der Waals surface area (Å²) in [5, 5.41) is 3.46. The van der Waals surface area contributed by atoms with Crippen LogP contribution in [-0.2, 0) is 30.5 Å². The van der Waals surface area contributed by atoms with Crippen molar-refractivity contribution in [3.63, 3.8) is 0 Å². The van der Waals surface area contributed by atoms with Crippen molar-refractivity contribution in [1.29, 1.82) is 0 Å². The summed E-state index contributed by atoms with van der Waals surface area (Å²) in [5.74, 6) is 0.222. The number of nitrogens with zero attached hydrogens (tertiary/aromatic N) is 2. The maximum absolute atomic E-state index is 13.4. The second kappa shape index (κ2) is 9.38. The van der Waals surface area contributed by atoms with E-state index in [1.165, 1.54) is 112 Å². The quantitative estimate of drug-likeness (QED) is 0.712. The number of aromatic nitrogens is 1. The lowest BCUT2D eigenvalue weighted by molar-refractivity contribution is -0.119. The van der Waals surface area contributed by atoms with Crippen molar-refractivity contribution in [3.05, 3.63) is 22.5 Å². The van der Waals surface area contributed by atoms with E-state index in [1.54, 1.807) is 0 Å². The first-order chi connectivity index (χ1) is 14.8. The lowest BCUT2D eigenvalue weighted by Crippen LogP contribution is -2.48. The highest BCUT2D eigenvalue weighted by Gasteiger charge is 2.31. The highest BCUT2D eigenvalue weighted by Crippen LogP contribution is 2.36. The van der Waals surface area contributed by atoms with Gasteiger partial charge in [0, 0.05) is 23.5 Å². The fourth-order valence-corrected chi connectivity index (χ4v) is 6.62. The molecule has 0 aliphatic heterocycles. The number of pyridine rings is 1.